The van der Waals surface area contributed by atoms with Gasteiger partial charge in [0, 0.05) is 18.4 Å². The van der Waals surface area contributed by atoms with Crippen LogP contribution in [0.4, 0.5) is 5.82 Å². The van der Waals surface area contributed by atoms with Gasteiger partial charge in [0.25, 0.3) is 5.56 Å². The second kappa shape index (κ2) is 3.57. The molecule has 1 aromatic heterocycles. The van der Waals surface area contributed by atoms with Crippen LogP contribution in [0.15, 0.2) is 17.2 Å². The molecule has 1 aliphatic carbocycles. The SMILES string of the molecule is CCC1(O)CN(c2nccn(C3CC3)c2=O)C1. The highest BCUT2D eigenvalue weighted by Crippen LogP contribution is 2.34. The molecule has 2 aliphatic rings. The van der Waals surface area contributed by atoms with Crippen molar-refractivity contribution in [3.05, 3.63) is 22.7 Å². The molecular formula is C12H17N3O2. The van der Waals surface area contributed by atoms with Crippen LogP contribution in [0.2, 0.25) is 0 Å². The second-order valence-electron chi connectivity index (χ2n) is 5.13. The summed E-state index contributed by atoms with van der Waals surface area (Å²) < 4.78 is 1.77. The first kappa shape index (κ1) is 10.8. The fraction of sp³-hybridized carbons (Fsp3) is 0.667. The maximum atomic E-state index is 12.2. The highest BCUT2D eigenvalue weighted by Gasteiger charge is 2.41. The Hall–Kier alpha value is -1.36. The molecule has 5 heteroatoms. The van der Waals surface area contributed by atoms with E-state index in [9.17, 15) is 9.90 Å². The molecule has 1 saturated heterocycles. The van der Waals surface area contributed by atoms with Crippen molar-refractivity contribution in [3.63, 3.8) is 0 Å². The van der Waals surface area contributed by atoms with Crippen molar-refractivity contribution in [1.29, 1.82) is 0 Å². The molecule has 0 aromatic carbocycles. The Bertz CT molecular complexity index is 487. The summed E-state index contributed by atoms with van der Waals surface area (Å²) in [5.41, 5.74) is -0.651. The van der Waals surface area contributed by atoms with Crippen LogP contribution in [0, 0.1) is 0 Å². The highest BCUT2D eigenvalue weighted by atomic mass is 16.3. The minimum atomic E-state index is -0.631. The summed E-state index contributed by atoms with van der Waals surface area (Å²) in [4.78, 5) is 18.2. The molecule has 0 bridgehead atoms. The van der Waals surface area contributed by atoms with E-state index in [1.807, 2.05) is 11.8 Å². The molecule has 1 aromatic rings. The predicted octanol–water partition coefficient (Wildman–Crippen LogP) is 0.539. The Morgan fingerprint density at radius 1 is 1.53 bits per heavy atom. The summed E-state index contributed by atoms with van der Waals surface area (Å²) in [5.74, 6) is 0.484. The predicted molar refractivity (Wildman–Crippen MR) is 64.2 cm³/mol. The van der Waals surface area contributed by atoms with Crippen LogP contribution in [0.25, 0.3) is 0 Å². The molecule has 92 valence electrons. The topological polar surface area (TPSA) is 58.4 Å². The number of aliphatic hydroxyl groups is 1. The molecule has 2 fully saturated rings. The molecule has 1 aliphatic heterocycles. The van der Waals surface area contributed by atoms with Crippen molar-refractivity contribution < 1.29 is 5.11 Å². The summed E-state index contributed by atoms with van der Waals surface area (Å²) in [6.07, 6.45) is 6.32. The van der Waals surface area contributed by atoms with E-state index < -0.39 is 5.60 Å². The molecule has 0 spiro atoms. The van der Waals surface area contributed by atoms with E-state index in [-0.39, 0.29) is 5.56 Å². The summed E-state index contributed by atoms with van der Waals surface area (Å²) in [7, 11) is 0. The fourth-order valence-electron chi connectivity index (χ4n) is 2.31. The van der Waals surface area contributed by atoms with Crippen LogP contribution in [0.5, 0.6) is 0 Å². The van der Waals surface area contributed by atoms with Crippen molar-refractivity contribution in [3.8, 4) is 0 Å². The number of hydrogen-bond donors (Lipinski definition) is 1. The lowest BCUT2D eigenvalue weighted by Gasteiger charge is -2.46. The van der Waals surface area contributed by atoms with Gasteiger partial charge in [0.15, 0.2) is 5.82 Å². The smallest absolute Gasteiger partial charge is 0.293 e. The van der Waals surface area contributed by atoms with Gasteiger partial charge in [-0.2, -0.15) is 0 Å². The van der Waals surface area contributed by atoms with Crippen LogP contribution in [0.3, 0.4) is 0 Å². The van der Waals surface area contributed by atoms with E-state index in [4.69, 9.17) is 0 Å². The number of rotatable bonds is 3. The molecule has 0 amide bonds. The lowest BCUT2D eigenvalue weighted by molar-refractivity contribution is 0.00785. The maximum absolute atomic E-state index is 12.2. The van der Waals surface area contributed by atoms with E-state index in [1.165, 1.54) is 0 Å². The van der Waals surface area contributed by atoms with Crippen molar-refractivity contribution in [1.82, 2.24) is 9.55 Å². The zero-order chi connectivity index (χ0) is 12.0. The standard InChI is InChI=1S/C12H17N3O2/c1-2-12(17)7-14(8-12)10-11(16)15(6-5-13-10)9-3-4-9/h5-6,9,17H,2-4,7-8H2,1H3. The van der Waals surface area contributed by atoms with Gasteiger partial charge in [-0.05, 0) is 19.3 Å². The molecule has 5 nitrogen and oxygen atoms in total. The van der Waals surface area contributed by atoms with Crippen molar-refractivity contribution >= 4 is 5.82 Å². The lowest BCUT2D eigenvalue weighted by atomic mass is 9.91. The molecule has 0 unspecified atom stereocenters. The summed E-state index contributed by atoms with van der Waals surface area (Å²) >= 11 is 0. The summed E-state index contributed by atoms with van der Waals surface area (Å²) in [6, 6.07) is 0.371. The van der Waals surface area contributed by atoms with Crippen LogP contribution in [0.1, 0.15) is 32.2 Å². The minimum absolute atomic E-state index is 0.0202. The number of β-amino-alcohol motifs (C(OH)–C–C–N with tert-alkyl or cyclic N) is 1. The highest BCUT2D eigenvalue weighted by molar-refractivity contribution is 5.42. The quantitative estimate of drug-likeness (QED) is 0.830. The van der Waals surface area contributed by atoms with E-state index in [2.05, 4.69) is 4.98 Å². The van der Waals surface area contributed by atoms with Crippen LogP contribution in [-0.2, 0) is 0 Å². The van der Waals surface area contributed by atoms with Gasteiger partial charge in [-0.15, -0.1) is 0 Å². The monoisotopic (exact) mass is 235 g/mol. The zero-order valence-corrected chi connectivity index (χ0v) is 9.96. The van der Waals surface area contributed by atoms with Gasteiger partial charge < -0.3 is 14.6 Å². The normalized spacial score (nSPS) is 22.4. The van der Waals surface area contributed by atoms with Crippen molar-refractivity contribution in [2.45, 2.75) is 37.8 Å². The third kappa shape index (κ3) is 1.74. The summed E-state index contributed by atoms with van der Waals surface area (Å²) in [6.45, 7) is 2.99. The first-order valence-electron chi connectivity index (χ1n) is 6.17. The molecule has 17 heavy (non-hydrogen) atoms. The molecule has 0 atom stereocenters. The molecule has 1 saturated carbocycles. The first-order chi connectivity index (χ1) is 8.13. The Kier molecular flexibility index (Phi) is 2.26. The molecule has 0 radical (unpaired) electrons. The Labute approximate surface area is 99.7 Å². The van der Waals surface area contributed by atoms with Crippen LogP contribution < -0.4 is 10.5 Å². The zero-order valence-electron chi connectivity index (χ0n) is 9.96. The summed E-state index contributed by atoms with van der Waals surface area (Å²) in [5, 5.41) is 9.95. The molecule has 3 rings (SSSR count). The van der Waals surface area contributed by atoms with Gasteiger partial charge in [-0.1, -0.05) is 6.92 Å². The fourth-order valence-corrected chi connectivity index (χ4v) is 2.31. The number of hydrogen-bond acceptors (Lipinski definition) is 4. The Balaban J connectivity index is 1.85. The lowest BCUT2D eigenvalue weighted by Crippen LogP contribution is -2.63. The number of nitrogens with zero attached hydrogens (tertiary/aromatic N) is 3. The third-order valence-corrected chi connectivity index (χ3v) is 3.72. The third-order valence-electron chi connectivity index (χ3n) is 3.72. The number of anilines is 1. The van der Waals surface area contributed by atoms with Crippen LogP contribution >= 0.6 is 0 Å². The van der Waals surface area contributed by atoms with Gasteiger partial charge in [0.2, 0.25) is 0 Å². The maximum Gasteiger partial charge on any atom is 0.293 e. The average molecular weight is 235 g/mol. The second-order valence-corrected chi connectivity index (χ2v) is 5.13. The molecular weight excluding hydrogens is 218 g/mol. The van der Waals surface area contributed by atoms with Gasteiger partial charge in [-0.3, -0.25) is 4.79 Å². The van der Waals surface area contributed by atoms with E-state index in [0.29, 0.717) is 31.4 Å². The first-order valence-corrected chi connectivity index (χ1v) is 6.17. The number of aromatic nitrogens is 2. The van der Waals surface area contributed by atoms with Gasteiger partial charge in [0.1, 0.15) is 0 Å². The van der Waals surface area contributed by atoms with Gasteiger partial charge >= 0.3 is 0 Å². The van der Waals surface area contributed by atoms with Crippen LogP contribution in [-0.4, -0.2) is 33.3 Å². The Morgan fingerprint density at radius 3 is 2.82 bits per heavy atom. The van der Waals surface area contributed by atoms with E-state index in [0.717, 1.165) is 12.8 Å². The van der Waals surface area contributed by atoms with Crippen molar-refractivity contribution in [2.24, 2.45) is 0 Å². The molecule has 1 N–H and O–H groups in total. The minimum Gasteiger partial charge on any atom is -0.386 e. The largest absolute Gasteiger partial charge is 0.386 e. The van der Waals surface area contributed by atoms with Gasteiger partial charge in [0.05, 0.1) is 18.7 Å². The van der Waals surface area contributed by atoms with Gasteiger partial charge in [-0.25, -0.2) is 4.98 Å². The Morgan fingerprint density at radius 2 is 2.24 bits per heavy atom. The van der Waals surface area contributed by atoms with E-state index in [1.54, 1.807) is 17.0 Å². The van der Waals surface area contributed by atoms with E-state index >= 15 is 0 Å². The average Bonchev–Trinajstić information content (AvgIpc) is 3.09. The van der Waals surface area contributed by atoms with Crippen molar-refractivity contribution in [2.75, 3.05) is 18.0 Å². The molecule has 2 heterocycles.